The van der Waals surface area contributed by atoms with Gasteiger partial charge in [-0.1, -0.05) is 0 Å². The summed E-state index contributed by atoms with van der Waals surface area (Å²) >= 11 is 0. The number of rotatable bonds is 6. The van der Waals surface area contributed by atoms with Crippen LogP contribution < -0.4 is 10.1 Å². The summed E-state index contributed by atoms with van der Waals surface area (Å²) in [6.45, 7) is 2.50. The van der Waals surface area contributed by atoms with Gasteiger partial charge in [-0.05, 0) is 19.9 Å². The van der Waals surface area contributed by atoms with Gasteiger partial charge in [0.1, 0.15) is 0 Å². The molecule has 2 unspecified atom stereocenters. The molecule has 0 saturated heterocycles. The maximum Gasteiger partial charge on any atom is 0.422 e. The van der Waals surface area contributed by atoms with Crippen molar-refractivity contribution in [2.24, 2.45) is 0 Å². The van der Waals surface area contributed by atoms with Crippen LogP contribution in [0.3, 0.4) is 0 Å². The molecule has 1 N–H and O–H groups in total. The lowest BCUT2D eigenvalue weighted by molar-refractivity contribution is -0.154. The fraction of sp³-hybridized carbons (Fsp3) is 0.583. The number of ether oxygens (including phenoxy) is 2. The molecule has 7 heteroatoms. The number of methoxy groups -OCH3 is 1. The van der Waals surface area contributed by atoms with Gasteiger partial charge in [-0.15, -0.1) is 0 Å². The Labute approximate surface area is 109 Å². The van der Waals surface area contributed by atoms with Gasteiger partial charge < -0.3 is 14.8 Å². The monoisotopic (exact) mass is 278 g/mol. The van der Waals surface area contributed by atoms with Crippen molar-refractivity contribution in [2.45, 2.75) is 32.2 Å². The second kappa shape index (κ2) is 6.60. The van der Waals surface area contributed by atoms with Gasteiger partial charge in [0.25, 0.3) is 0 Å². The third kappa shape index (κ3) is 5.78. The normalized spacial score (nSPS) is 14.8. The van der Waals surface area contributed by atoms with E-state index in [9.17, 15) is 13.2 Å². The summed E-state index contributed by atoms with van der Waals surface area (Å²) in [4.78, 5) is 3.79. The number of halogens is 3. The zero-order chi connectivity index (χ0) is 14.5. The Balaban J connectivity index is 2.52. The second-order valence-corrected chi connectivity index (χ2v) is 4.16. The second-order valence-electron chi connectivity index (χ2n) is 4.16. The first kappa shape index (κ1) is 15.6. The smallest absolute Gasteiger partial charge is 0.422 e. The highest BCUT2D eigenvalue weighted by Gasteiger charge is 2.28. The summed E-state index contributed by atoms with van der Waals surface area (Å²) in [6.07, 6.45) is -2.94. The molecule has 1 aromatic rings. The average Bonchev–Trinajstić information content (AvgIpc) is 2.36. The van der Waals surface area contributed by atoms with E-state index in [1.165, 1.54) is 12.3 Å². The van der Waals surface area contributed by atoms with E-state index in [4.69, 9.17) is 4.74 Å². The van der Waals surface area contributed by atoms with Crippen molar-refractivity contribution in [1.29, 1.82) is 0 Å². The predicted molar refractivity (Wildman–Crippen MR) is 65.3 cm³/mol. The van der Waals surface area contributed by atoms with E-state index < -0.39 is 12.8 Å². The van der Waals surface area contributed by atoms with Gasteiger partial charge in [-0.2, -0.15) is 13.2 Å². The topological polar surface area (TPSA) is 43.4 Å². The molecule has 0 amide bonds. The summed E-state index contributed by atoms with van der Waals surface area (Å²) in [5.74, 6) is -0.0599. The number of anilines is 1. The van der Waals surface area contributed by atoms with Crippen LogP contribution in [0.2, 0.25) is 0 Å². The maximum absolute atomic E-state index is 11.9. The Morgan fingerprint density at radius 1 is 1.32 bits per heavy atom. The van der Waals surface area contributed by atoms with Crippen molar-refractivity contribution in [1.82, 2.24) is 4.98 Å². The van der Waals surface area contributed by atoms with Crippen molar-refractivity contribution in [2.75, 3.05) is 19.0 Å². The minimum Gasteiger partial charge on any atom is -0.468 e. The SMILES string of the molecule is COC(C)C(C)Nc1ccc(OCC(F)(F)F)nc1. The lowest BCUT2D eigenvalue weighted by Crippen LogP contribution is -2.29. The molecule has 0 aromatic carbocycles. The van der Waals surface area contributed by atoms with Crippen LogP contribution in [0.25, 0.3) is 0 Å². The largest absolute Gasteiger partial charge is 0.468 e. The van der Waals surface area contributed by atoms with Crippen molar-refractivity contribution >= 4 is 5.69 Å². The lowest BCUT2D eigenvalue weighted by atomic mass is 10.2. The Morgan fingerprint density at radius 3 is 2.47 bits per heavy atom. The molecule has 0 aliphatic heterocycles. The van der Waals surface area contributed by atoms with Gasteiger partial charge in [-0.25, -0.2) is 4.98 Å². The third-order valence-corrected chi connectivity index (χ3v) is 2.59. The van der Waals surface area contributed by atoms with Crippen molar-refractivity contribution < 1.29 is 22.6 Å². The molecule has 0 radical (unpaired) electrons. The molecule has 0 spiro atoms. The van der Waals surface area contributed by atoms with Gasteiger partial charge in [0, 0.05) is 19.2 Å². The summed E-state index contributed by atoms with van der Waals surface area (Å²) in [5.41, 5.74) is 0.691. The van der Waals surface area contributed by atoms with Crippen LogP contribution in [-0.4, -0.2) is 37.0 Å². The number of aromatic nitrogens is 1. The molecule has 1 rings (SSSR count). The van der Waals surface area contributed by atoms with E-state index in [1.54, 1.807) is 13.2 Å². The number of alkyl halides is 3. The molecular weight excluding hydrogens is 261 g/mol. The van der Waals surface area contributed by atoms with Crippen LogP contribution in [0.15, 0.2) is 18.3 Å². The number of hydrogen-bond acceptors (Lipinski definition) is 4. The number of hydrogen-bond donors (Lipinski definition) is 1. The Morgan fingerprint density at radius 2 is 2.00 bits per heavy atom. The summed E-state index contributed by atoms with van der Waals surface area (Å²) in [5, 5.41) is 3.13. The molecule has 0 bridgehead atoms. The van der Waals surface area contributed by atoms with Crippen LogP contribution in [0.5, 0.6) is 5.88 Å². The Kier molecular flexibility index (Phi) is 5.41. The van der Waals surface area contributed by atoms with Crippen molar-refractivity contribution in [3.05, 3.63) is 18.3 Å². The molecule has 2 atom stereocenters. The van der Waals surface area contributed by atoms with E-state index in [0.717, 1.165) is 0 Å². The van der Waals surface area contributed by atoms with Crippen LogP contribution in [-0.2, 0) is 4.74 Å². The van der Waals surface area contributed by atoms with Crippen LogP contribution in [0, 0.1) is 0 Å². The van der Waals surface area contributed by atoms with Crippen LogP contribution in [0.1, 0.15) is 13.8 Å². The summed E-state index contributed by atoms with van der Waals surface area (Å²) < 4.78 is 45.5. The van der Waals surface area contributed by atoms with E-state index in [0.29, 0.717) is 5.69 Å². The highest BCUT2D eigenvalue weighted by atomic mass is 19.4. The van der Waals surface area contributed by atoms with E-state index in [-0.39, 0.29) is 18.0 Å². The lowest BCUT2D eigenvalue weighted by Gasteiger charge is -2.20. The van der Waals surface area contributed by atoms with Crippen LogP contribution >= 0.6 is 0 Å². The highest BCUT2D eigenvalue weighted by Crippen LogP contribution is 2.18. The summed E-state index contributed by atoms with van der Waals surface area (Å²) in [6, 6.07) is 3.05. The molecule has 1 heterocycles. The molecule has 0 aliphatic carbocycles. The first-order valence-corrected chi connectivity index (χ1v) is 5.77. The molecule has 108 valence electrons. The van der Waals surface area contributed by atoms with Crippen molar-refractivity contribution in [3.63, 3.8) is 0 Å². The van der Waals surface area contributed by atoms with Gasteiger partial charge >= 0.3 is 6.18 Å². The summed E-state index contributed by atoms with van der Waals surface area (Å²) in [7, 11) is 1.61. The molecule has 0 fully saturated rings. The van der Waals surface area contributed by atoms with Crippen LogP contribution in [0.4, 0.5) is 18.9 Å². The molecule has 1 aromatic heterocycles. The van der Waals surface area contributed by atoms with E-state index in [2.05, 4.69) is 15.0 Å². The van der Waals surface area contributed by atoms with Gasteiger partial charge in [0.05, 0.1) is 18.0 Å². The Hall–Kier alpha value is -1.50. The van der Waals surface area contributed by atoms with Gasteiger partial charge in [-0.3, -0.25) is 0 Å². The number of nitrogens with one attached hydrogen (secondary N) is 1. The third-order valence-electron chi connectivity index (χ3n) is 2.59. The Bertz CT molecular complexity index is 382. The molecule has 0 saturated carbocycles. The number of nitrogens with zero attached hydrogens (tertiary/aromatic N) is 1. The fourth-order valence-electron chi connectivity index (χ4n) is 1.29. The quantitative estimate of drug-likeness (QED) is 0.869. The van der Waals surface area contributed by atoms with Crippen molar-refractivity contribution in [3.8, 4) is 5.88 Å². The maximum atomic E-state index is 11.9. The minimum atomic E-state index is -4.36. The predicted octanol–water partition coefficient (Wildman–Crippen LogP) is 2.86. The average molecular weight is 278 g/mol. The molecule has 4 nitrogen and oxygen atoms in total. The van der Waals surface area contributed by atoms with Gasteiger partial charge in [0.2, 0.25) is 5.88 Å². The highest BCUT2D eigenvalue weighted by molar-refractivity contribution is 5.43. The zero-order valence-electron chi connectivity index (χ0n) is 11.0. The van der Waals surface area contributed by atoms with E-state index in [1.807, 2.05) is 13.8 Å². The van der Waals surface area contributed by atoms with Gasteiger partial charge in [0.15, 0.2) is 6.61 Å². The van der Waals surface area contributed by atoms with E-state index >= 15 is 0 Å². The molecule has 19 heavy (non-hydrogen) atoms. The first-order chi connectivity index (χ1) is 8.81. The standard InChI is InChI=1S/C12H17F3N2O2/c1-8(9(2)18-3)17-10-4-5-11(16-6-10)19-7-12(13,14)15/h4-6,8-9,17H,7H2,1-3H3. The molecular formula is C12H17F3N2O2. The fourth-order valence-corrected chi connectivity index (χ4v) is 1.29. The minimum absolute atomic E-state index is 0.00107. The zero-order valence-corrected chi connectivity index (χ0v) is 11.0. The number of pyridine rings is 1. The first-order valence-electron chi connectivity index (χ1n) is 5.77. The molecule has 0 aliphatic rings.